The van der Waals surface area contributed by atoms with Gasteiger partial charge in [-0.1, -0.05) is 55.5 Å². The first-order valence-corrected chi connectivity index (χ1v) is 6.04. The van der Waals surface area contributed by atoms with Crippen molar-refractivity contribution in [2.24, 2.45) is 0 Å². The van der Waals surface area contributed by atoms with E-state index in [0.717, 1.165) is 17.5 Å². The molecule has 0 aromatic heterocycles. The summed E-state index contributed by atoms with van der Waals surface area (Å²) in [5, 5.41) is 0. The molecular weight excluding hydrogens is 211 g/mol. The lowest BCUT2D eigenvalue weighted by molar-refractivity contribution is 0.374. The van der Waals surface area contributed by atoms with E-state index in [9.17, 15) is 4.39 Å². The number of hydrogen-bond acceptors (Lipinski definition) is 0. The van der Waals surface area contributed by atoms with Crippen molar-refractivity contribution in [3.05, 3.63) is 59.7 Å². The Kier molecular flexibility index (Phi) is 3.58. The molecule has 0 spiro atoms. The minimum atomic E-state index is -0.897. The van der Waals surface area contributed by atoms with E-state index < -0.39 is 6.17 Å². The second-order valence-corrected chi connectivity index (χ2v) is 4.29. The fourth-order valence-electron chi connectivity index (χ4n) is 1.91. The van der Waals surface area contributed by atoms with Crippen LogP contribution in [0.15, 0.2) is 48.5 Å². The molecule has 88 valence electrons. The van der Waals surface area contributed by atoms with Gasteiger partial charge in [-0.25, -0.2) is 4.39 Å². The van der Waals surface area contributed by atoms with Crippen LogP contribution in [0.5, 0.6) is 0 Å². The van der Waals surface area contributed by atoms with E-state index in [0.29, 0.717) is 0 Å². The smallest absolute Gasteiger partial charge is 0.122 e. The molecule has 0 saturated heterocycles. The van der Waals surface area contributed by atoms with Gasteiger partial charge in [0.05, 0.1) is 0 Å². The highest BCUT2D eigenvalue weighted by molar-refractivity contribution is 5.64. The van der Waals surface area contributed by atoms with Crippen molar-refractivity contribution in [3.8, 4) is 11.1 Å². The van der Waals surface area contributed by atoms with Crippen molar-refractivity contribution in [1.29, 1.82) is 0 Å². The average molecular weight is 228 g/mol. The molecule has 0 fully saturated rings. The Balaban J connectivity index is 2.32. The summed E-state index contributed by atoms with van der Waals surface area (Å²) in [6, 6.07) is 16.2. The van der Waals surface area contributed by atoms with Crippen molar-refractivity contribution >= 4 is 0 Å². The number of hydrogen-bond donors (Lipinski definition) is 0. The molecule has 0 N–H and O–H groups in total. The first-order chi connectivity index (χ1) is 8.20. The topological polar surface area (TPSA) is 0 Å². The molecule has 0 aliphatic carbocycles. The van der Waals surface area contributed by atoms with Crippen molar-refractivity contribution in [1.82, 2.24) is 0 Å². The van der Waals surface area contributed by atoms with Gasteiger partial charge in [0.1, 0.15) is 6.17 Å². The zero-order valence-corrected chi connectivity index (χ0v) is 10.3. The Morgan fingerprint density at radius 3 is 2.29 bits per heavy atom. The third-order valence-electron chi connectivity index (χ3n) is 3.04. The Morgan fingerprint density at radius 1 is 1.00 bits per heavy atom. The molecule has 0 aliphatic heterocycles. The number of alkyl halides is 1. The lowest BCUT2D eigenvalue weighted by atomic mass is 10.0. The summed E-state index contributed by atoms with van der Waals surface area (Å²) in [4.78, 5) is 0. The molecular formula is C16H17F. The SMILES string of the molecule is CCc1cccc(-c2ccc(C(C)F)cc2)c1. The van der Waals surface area contributed by atoms with E-state index in [2.05, 4.69) is 31.2 Å². The highest BCUT2D eigenvalue weighted by Crippen LogP contribution is 2.24. The summed E-state index contributed by atoms with van der Waals surface area (Å²) in [6.45, 7) is 3.71. The molecule has 1 unspecified atom stereocenters. The minimum Gasteiger partial charge on any atom is -0.243 e. The zero-order chi connectivity index (χ0) is 12.3. The molecule has 17 heavy (non-hydrogen) atoms. The van der Waals surface area contributed by atoms with Crippen molar-refractivity contribution < 1.29 is 4.39 Å². The maximum absolute atomic E-state index is 13.1. The molecule has 0 amide bonds. The van der Waals surface area contributed by atoms with E-state index in [-0.39, 0.29) is 0 Å². The summed E-state index contributed by atoms with van der Waals surface area (Å²) in [6.07, 6.45) is 0.138. The van der Waals surface area contributed by atoms with Gasteiger partial charge in [0, 0.05) is 0 Å². The molecule has 1 heteroatoms. The first-order valence-electron chi connectivity index (χ1n) is 6.04. The highest BCUT2D eigenvalue weighted by Gasteiger charge is 2.03. The van der Waals surface area contributed by atoms with Crippen LogP contribution in [0.2, 0.25) is 0 Å². The summed E-state index contributed by atoms with van der Waals surface area (Å²) < 4.78 is 13.1. The monoisotopic (exact) mass is 228 g/mol. The van der Waals surface area contributed by atoms with Gasteiger partial charge >= 0.3 is 0 Å². The lowest BCUT2D eigenvalue weighted by Gasteiger charge is -2.06. The fraction of sp³-hybridized carbons (Fsp3) is 0.250. The predicted octanol–water partition coefficient (Wildman–Crippen LogP) is 4.95. The molecule has 0 bridgehead atoms. The second-order valence-electron chi connectivity index (χ2n) is 4.29. The lowest BCUT2D eigenvalue weighted by Crippen LogP contribution is -1.86. The quantitative estimate of drug-likeness (QED) is 0.697. The van der Waals surface area contributed by atoms with Crippen molar-refractivity contribution in [3.63, 3.8) is 0 Å². The van der Waals surface area contributed by atoms with Gasteiger partial charge in [0.2, 0.25) is 0 Å². The molecule has 0 nitrogen and oxygen atoms in total. The molecule has 2 aromatic carbocycles. The summed E-state index contributed by atoms with van der Waals surface area (Å²) in [5.74, 6) is 0. The number of halogens is 1. The summed E-state index contributed by atoms with van der Waals surface area (Å²) in [5.41, 5.74) is 4.40. The number of aryl methyl sites for hydroxylation is 1. The highest BCUT2D eigenvalue weighted by atomic mass is 19.1. The average Bonchev–Trinajstić information content (AvgIpc) is 2.39. The van der Waals surface area contributed by atoms with E-state index in [4.69, 9.17) is 0 Å². The standard InChI is InChI=1S/C16H17F/c1-3-13-5-4-6-16(11-13)15-9-7-14(8-10-15)12(2)17/h4-12H,3H2,1-2H3. The van der Waals surface area contributed by atoms with Gasteiger partial charge in [-0.15, -0.1) is 0 Å². The molecule has 2 rings (SSSR count). The number of rotatable bonds is 3. The largest absolute Gasteiger partial charge is 0.243 e. The van der Waals surface area contributed by atoms with Crippen LogP contribution >= 0.6 is 0 Å². The predicted molar refractivity (Wildman–Crippen MR) is 70.8 cm³/mol. The van der Waals surface area contributed by atoms with Gasteiger partial charge < -0.3 is 0 Å². The summed E-state index contributed by atoms with van der Waals surface area (Å²) >= 11 is 0. The Labute approximate surface area is 102 Å². The van der Waals surface area contributed by atoms with Gasteiger partial charge in [-0.05, 0) is 35.6 Å². The van der Waals surface area contributed by atoms with Crippen LogP contribution in [0, 0.1) is 0 Å². The van der Waals surface area contributed by atoms with Gasteiger partial charge in [-0.3, -0.25) is 0 Å². The Bertz CT molecular complexity index is 483. The third kappa shape index (κ3) is 2.73. The van der Waals surface area contributed by atoms with Crippen LogP contribution in [0.25, 0.3) is 11.1 Å². The molecule has 1 atom stereocenters. The maximum atomic E-state index is 13.1. The maximum Gasteiger partial charge on any atom is 0.122 e. The normalized spacial score (nSPS) is 12.4. The first kappa shape index (κ1) is 11.8. The van der Waals surface area contributed by atoms with Gasteiger partial charge in [-0.2, -0.15) is 0 Å². The zero-order valence-electron chi connectivity index (χ0n) is 10.3. The number of benzene rings is 2. The molecule has 0 radical (unpaired) electrons. The van der Waals surface area contributed by atoms with Crippen LogP contribution in [-0.4, -0.2) is 0 Å². The molecule has 0 saturated carbocycles. The second kappa shape index (κ2) is 5.13. The third-order valence-corrected chi connectivity index (χ3v) is 3.04. The fourth-order valence-corrected chi connectivity index (χ4v) is 1.91. The minimum absolute atomic E-state index is 0.736. The van der Waals surface area contributed by atoms with E-state index >= 15 is 0 Å². The van der Waals surface area contributed by atoms with Gasteiger partial charge in [0.15, 0.2) is 0 Å². The van der Waals surface area contributed by atoms with E-state index in [1.807, 2.05) is 24.3 Å². The van der Waals surface area contributed by atoms with Crippen LogP contribution in [0.4, 0.5) is 4.39 Å². The van der Waals surface area contributed by atoms with Crippen LogP contribution in [0.1, 0.15) is 31.1 Å². The van der Waals surface area contributed by atoms with E-state index in [1.165, 1.54) is 11.1 Å². The molecule has 0 heterocycles. The Hall–Kier alpha value is -1.63. The van der Waals surface area contributed by atoms with Crippen LogP contribution in [-0.2, 0) is 6.42 Å². The summed E-state index contributed by atoms with van der Waals surface area (Å²) in [7, 11) is 0. The molecule has 0 aliphatic rings. The van der Waals surface area contributed by atoms with Gasteiger partial charge in [0.25, 0.3) is 0 Å². The van der Waals surface area contributed by atoms with Crippen molar-refractivity contribution in [2.75, 3.05) is 0 Å². The van der Waals surface area contributed by atoms with Crippen LogP contribution in [0.3, 0.4) is 0 Å². The van der Waals surface area contributed by atoms with Crippen LogP contribution < -0.4 is 0 Å². The van der Waals surface area contributed by atoms with E-state index in [1.54, 1.807) is 6.92 Å². The molecule has 2 aromatic rings. The van der Waals surface area contributed by atoms with Crippen molar-refractivity contribution in [2.45, 2.75) is 26.4 Å². The Morgan fingerprint density at radius 2 is 1.71 bits per heavy atom.